The molecule has 0 bridgehead atoms. The van der Waals surface area contributed by atoms with Crippen molar-refractivity contribution in [1.29, 1.82) is 0 Å². The highest BCUT2D eigenvalue weighted by Gasteiger charge is 2.09. The number of nitro groups is 1. The summed E-state index contributed by atoms with van der Waals surface area (Å²) in [5, 5.41) is 13.9. The van der Waals surface area contributed by atoms with Gasteiger partial charge in [0.2, 0.25) is 0 Å². The van der Waals surface area contributed by atoms with Crippen LogP contribution in [0.4, 0.5) is 11.4 Å². The lowest BCUT2D eigenvalue weighted by molar-refractivity contribution is -0.384. The number of ether oxygens (including phenoxy) is 2. The minimum atomic E-state index is -0.431. The van der Waals surface area contributed by atoms with Crippen LogP contribution in [0.5, 0.6) is 5.75 Å². The van der Waals surface area contributed by atoms with E-state index >= 15 is 0 Å². The summed E-state index contributed by atoms with van der Waals surface area (Å²) in [5.41, 5.74) is 0.697. The smallest absolute Gasteiger partial charge is 0.275 e. The zero-order chi connectivity index (χ0) is 15.0. The van der Waals surface area contributed by atoms with Crippen LogP contribution in [0.15, 0.2) is 18.2 Å². The second-order valence-electron chi connectivity index (χ2n) is 4.93. The largest absolute Gasteiger partial charge is 0.496 e. The fourth-order valence-corrected chi connectivity index (χ4v) is 1.63. The molecule has 0 aliphatic carbocycles. The zero-order valence-electron chi connectivity index (χ0n) is 12.2. The average Bonchev–Trinajstić information content (AvgIpc) is 2.41. The number of rotatable bonds is 9. The van der Waals surface area contributed by atoms with Gasteiger partial charge in [-0.1, -0.05) is 13.8 Å². The summed E-state index contributed by atoms with van der Waals surface area (Å²) in [6, 6.07) is 4.64. The van der Waals surface area contributed by atoms with Crippen molar-refractivity contribution in [1.82, 2.24) is 0 Å². The summed E-state index contributed by atoms with van der Waals surface area (Å²) in [6.07, 6.45) is 0.845. The van der Waals surface area contributed by atoms with Crippen LogP contribution in [0.3, 0.4) is 0 Å². The molecular weight excluding hydrogens is 260 g/mol. The van der Waals surface area contributed by atoms with Gasteiger partial charge in [-0.2, -0.15) is 0 Å². The summed E-state index contributed by atoms with van der Waals surface area (Å²) in [7, 11) is 1.49. The highest BCUT2D eigenvalue weighted by atomic mass is 16.6. The maximum Gasteiger partial charge on any atom is 0.275 e. The van der Waals surface area contributed by atoms with Crippen LogP contribution < -0.4 is 10.1 Å². The van der Waals surface area contributed by atoms with E-state index in [0.717, 1.165) is 13.0 Å². The van der Waals surface area contributed by atoms with Gasteiger partial charge in [-0.15, -0.1) is 0 Å². The number of methoxy groups -OCH3 is 1. The van der Waals surface area contributed by atoms with Gasteiger partial charge in [0.1, 0.15) is 5.75 Å². The minimum absolute atomic E-state index is 0.0166. The quantitative estimate of drug-likeness (QED) is 0.428. The molecule has 1 aromatic rings. The maximum absolute atomic E-state index is 10.8. The lowest BCUT2D eigenvalue weighted by atomic mass is 10.2. The lowest BCUT2D eigenvalue weighted by Crippen LogP contribution is -2.08. The molecule has 0 spiro atoms. The number of anilines is 1. The molecular formula is C14H22N2O4. The third-order valence-corrected chi connectivity index (χ3v) is 2.58. The molecule has 0 saturated heterocycles. The fraction of sp³-hybridized carbons (Fsp3) is 0.571. The van der Waals surface area contributed by atoms with Gasteiger partial charge in [-0.05, 0) is 12.3 Å². The second kappa shape index (κ2) is 8.37. The van der Waals surface area contributed by atoms with Crippen LogP contribution in [0, 0.1) is 16.0 Å². The van der Waals surface area contributed by atoms with Gasteiger partial charge in [0.05, 0.1) is 18.1 Å². The monoisotopic (exact) mass is 282 g/mol. The maximum atomic E-state index is 10.8. The second-order valence-corrected chi connectivity index (χ2v) is 4.93. The van der Waals surface area contributed by atoms with Crippen LogP contribution in [0.25, 0.3) is 0 Å². The summed E-state index contributed by atoms with van der Waals surface area (Å²) in [4.78, 5) is 10.4. The third kappa shape index (κ3) is 5.88. The number of hydrogen-bond donors (Lipinski definition) is 1. The molecule has 1 aromatic carbocycles. The Morgan fingerprint density at radius 3 is 2.70 bits per heavy atom. The summed E-state index contributed by atoms with van der Waals surface area (Å²) in [5.74, 6) is 1.00. The lowest BCUT2D eigenvalue weighted by Gasteiger charge is -2.09. The zero-order valence-corrected chi connectivity index (χ0v) is 12.2. The van der Waals surface area contributed by atoms with Crippen molar-refractivity contribution in [2.75, 3.05) is 32.2 Å². The van der Waals surface area contributed by atoms with Crippen molar-refractivity contribution in [3.63, 3.8) is 0 Å². The van der Waals surface area contributed by atoms with Crippen LogP contribution in [0.2, 0.25) is 0 Å². The molecule has 6 nitrogen and oxygen atoms in total. The van der Waals surface area contributed by atoms with Crippen molar-refractivity contribution in [2.24, 2.45) is 5.92 Å². The van der Waals surface area contributed by atoms with E-state index in [0.29, 0.717) is 30.5 Å². The van der Waals surface area contributed by atoms with E-state index in [1.54, 1.807) is 6.07 Å². The SMILES string of the molecule is COc1cc(NCCCOCC(C)C)cc([N+](=O)[O-])c1. The van der Waals surface area contributed by atoms with Crippen molar-refractivity contribution in [3.05, 3.63) is 28.3 Å². The number of nitrogens with zero attached hydrogens (tertiary/aromatic N) is 1. The molecule has 0 amide bonds. The van der Waals surface area contributed by atoms with E-state index in [-0.39, 0.29) is 5.69 Å². The molecule has 0 fully saturated rings. The summed E-state index contributed by atoms with van der Waals surface area (Å²) >= 11 is 0. The first-order chi connectivity index (χ1) is 9.52. The van der Waals surface area contributed by atoms with Crippen LogP contribution in [-0.4, -0.2) is 31.8 Å². The van der Waals surface area contributed by atoms with Crippen molar-refractivity contribution in [2.45, 2.75) is 20.3 Å². The fourth-order valence-electron chi connectivity index (χ4n) is 1.63. The van der Waals surface area contributed by atoms with Crippen LogP contribution in [0.1, 0.15) is 20.3 Å². The van der Waals surface area contributed by atoms with E-state index in [1.165, 1.54) is 19.2 Å². The Morgan fingerprint density at radius 1 is 1.35 bits per heavy atom. The summed E-state index contributed by atoms with van der Waals surface area (Å²) < 4.78 is 10.5. The molecule has 0 radical (unpaired) electrons. The predicted molar refractivity (Wildman–Crippen MR) is 78.4 cm³/mol. The van der Waals surface area contributed by atoms with Gasteiger partial charge in [0, 0.05) is 37.6 Å². The van der Waals surface area contributed by atoms with Gasteiger partial charge >= 0.3 is 0 Å². The standard InChI is InChI=1S/C14H22N2O4/c1-11(2)10-20-6-4-5-15-12-7-13(16(17)18)9-14(8-12)19-3/h7-9,11,15H,4-6,10H2,1-3H3. The molecule has 20 heavy (non-hydrogen) atoms. The van der Waals surface area contributed by atoms with E-state index in [2.05, 4.69) is 19.2 Å². The molecule has 0 aliphatic heterocycles. The van der Waals surface area contributed by atoms with E-state index in [4.69, 9.17) is 9.47 Å². The molecule has 0 atom stereocenters. The van der Waals surface area contributed by atoms with E-state index < -0.39 is 4.92 Å². The van der Waals surface area contributed by atoms with Crippen LogP contribution in [-0.2, 0) is 4.74 Å². The molecule has 0 saturated carbocycles. The number of nitrogens with one attached hydrogen (secondary N) is 1. The highest BCUT2D eigenvalue weighted by Crippen LogP contribution is 2.25. The molecule has 0 unspecified atom stereocenters. The molecule has 1 N–H and O–H groups in total. The Balaban J connectivity index is 2.43. The predicted octanol–water partition coefficient (Wildman–Crippen LogP) is 3.08. The number of nitro benzene ring substituents is 1. The minimum Gasteiger partial charge on any atom is -0.496 e. The van der Waals surface area contributed by atoms with Crippen molar-refractivity contribution < 1.29 is 14.4 Å². The molecule has 0 aliphatic rings. The van der Waals surface area contributed by atoms with Gasteiger partial charge in [-0.25, -0.2) is 0 Å². The Bertz CT molecular complexity index is 435. The normalized spacial score (nSPS) is 10.6. The Labute approximate surface area is 119 Å². The molecule has 0 aromatic heterocycles. The van der Waals surface area contributed by atoms with Crippen LogP contribution >= 0.6 is 0 Å². The van der Waals surface area contributed by atoms with Crippen molar-refractivity contribution in [3.8, 4) is 5.75 Å². The first-order valence-electron chi connectivity index (χ1n) is 6.68. The first kappa shape index (κ1) is 16.2. The number of hydrogen-bond acceptors (Lipinski definition) is 5. The van der Waals surface area contributed by atoms with Gasteiger partial charge < -0.3 is 14.8 Å². The molecule has 6 heteroatoms. The Hall–Kier alpha value is -1.82. The van der Waals surface area contributed by atoms with Crippen molar-refractivity contribution >= 4 is 11.4 Å². The number of benzene rings is 1. The average molecular weight is 282 g/mol. The van der Waals surface area contributed by atoms with Gasteiger partial charge in [0.25, 0.3) is 5.69 Å². The third-order valence-electron chi connectivity index (χ3n) is 2.58. The van der Waals surface area contributed by atoms with Gasteiger partial charge in [0.15, 0.2) is 0 Å². The molecule has 1 rings (SSSR count). The highest BCUT2D eigenvalue weighted by molar-refractivity contribution is 5.56. The Kier molecular flexibility index (Phi) is 6.79. The number of non-ortho nitro benzene ring substituents is 1. The first-order valence-corrected chi connectivity index (χ1v) is 6.68. The van der Waals surface area contributed by atoms with Gasteiger partial charge in [-0.3, -0.25) is 10.1 Å². The Morgan fingerprint density at radius 2 is 2.10 bits per heavy atom. The summed E-state index contributed by atoms with van der Waals surface area (Å²) in [6.45, 7) is 6.34. The van der Waals surface area contributed by atoms with E-state index in [1.807, 2.05) is 0 Å². The van der Waals surface area contributed by atoms with E-state index in [9.17, 15) is 10.1 Å². The molecule has 112 valence electrons. The molecule has 0 heterocycles. The topological polar surface area (TPSA) is 73.6 Å².